The SMILES string of the molecule is CCC(C)(C)OC(=O)NC(=O)N1CCC(O)CC1. The molecule has 0 bridgehead atoms. The molecule has 0 aromatic heterocycles. The first-order chi connectivity index (χ1) is 8.34. The van der Waals surface area contributed by atoms with E-state index < -0.39 is 17.7 Å². The Bertz CT molecular complexity index is 309. The van der Waals surface area contributed by atoms with Crippen molar-refractivity contribution in [2.75, 3.05) is 13.1 Å². The predicted molar refractivity (Wildman–Crippen MR) is 66.2 cm³/mol. The van der Waals surface area contributed by atoms with Crippen LogP contribution in [0.15, 0.2) is 0 Å². The fraction of sp³-hybridized carbons (Fsp3) is 0.833. The van der Waals surface area contributed by atoms with Crippen LogP contribution < -0.4 is 5.32 Å². The number of nitrogens with zero attached hydrogens (tertiary/aromatic N) is 1. The van der Waals surface area contributed by atoms with E-state index in [1.807, 2.05) is 6.92 Å². The van der Waals surface area contributed by atoms with Gasteiger partial charge in [-0.2, -0.15) is 0 Å². The normalized spacial score (nSPS) is 17.4. The number of alkyl carbamates (subject to hydrolysis) is 1. The second kappa shape index (κ2) is 6.04. The highest BCUT2D eigenvalue weighted by Crippen LogP contribution is 2.14. The van der Waals surface area contributed by atoms with Gasteiger partial charge in [0.15, 0.2) is 0 Å². The van der Waals surface area contributed by atoms with Gasteiger partial charge >= 0.3 is 12.1 Å². The highest BCUT2D eigenvalue weighted by Gasteiger charge is 2.25. The second-order valence-corrected chi connectivity index (χ2v) is 5.15. The van der Waals surface area contributed by atoms with Crippen LogP contribution >= 0.6 is 0 Å². The van der Waals surface area contributed by atoms with Crippen LogP contribution in [0.25, 0.3) is 0 Å². The van der Waals surface area contributed by atoms with Crippen molar-refractivity contribution in [3.63, 3.8) is 0 Å². The number of urea groups is 1. The number of hydrogen-bond acceptors (Lipinski definition) is 4. The summed E-state index contributed by atoms with van der Waals surface area (Å²) in [6.45, 7) is 6.39. The molecule has 0 aliphatic carbocycles. The third-order valence-corrected chi connectivity index (χ3v) is 3.18. The number of rotatable bonds is 2. The molecule has 6 heteroatoms. The molecule has 0 radical (unpaired) electrons. The summed E-state index contributed by atoms with van der Waals surface area (Å²) >= 11 is 0. The van der Waals surface area contributed by atoms with Gasteiger partial charge in [0.1, 0.15) is 5.60 Å². The number of ether oxygens (including phenoxy) is 1. The molecule has 0 spiro atoms. The van der Waals surface area contributed by atoms with Crippen molar-refractivity contribution in [2.45, 2.75) is 51.7 Å². The van der Waals surface area contributed by atoms with Crippen LogP contribution in [0.3, 0.4) is 0 Å². The lowest BCUT2D eigenvalue weighted by Gasteiger charge is -2.30. The quantitative estimate of drug-likeness (QED) is 0.786. The molecular weight excluding hydrogens is 236 g/mol. The minimum Gasteiger partial charge on any atom is -0.443 e. The van der Waals surface area contributed by atoms with Gasteiger partial charge in [-0.3, -0.25) is 0 Å². The molecular formula is C12H22N2O4. The third kappa shape index (κ3) is 4.52. The Kier molecular flexibility index (Phi) is 4.95. The molecule has 104 valence electrons. The number of aliphatic hydroxyl groups is 1. The van der Waals surface area contributed by atoms with Crippen LogP contribution in [0.5, 0.6) is 0 Å². The first-order valence-electron chi connectivity index (χ1n) is 6.31. The van der Waals surface area contributed by atoms with E-state index in [-0.39, 0.29) is 6.10 Å². The molecule has 0 atom stereocenters. The number of amides is 3. The maximum absolute atomic E-state index is 11.7. The average Bonchev–Trinajstić information content (AvgIpc) is 2.29. The van der Waals surface area contributed by atoms with Crippen molar-refractivity contribution in [1.29, 1.82) is 0 Å². The molecule has 0 aromatic rings. The van der Waals surface area contributed by atoms with Crippen LogP contribution in [0.2, 0.25) is 0 Å². The summed E-state index contributed by atoms with van der Waals surface area (Å²) in [5, 5.41) is 11.5. The van der Waals surface area contributed by atoms with E-state index in [1.54, 1.807) is 13.8 Å². The summed E-state index contributed by atoms with van der Waals surface area (Å²) in [5.74, 6) is 0. The summed E-state index contributed by atoms with van der Waals surface area (Å²) in [7, 11) is 0. The summed E-state index contributed by atoms with van der Waals surface area (Å²) in [6.07, 6.45) is 0.689. The highest BCUT2D eigenvalue weighted by molar-refractivity contribution is 5.90. The number of piperidine rings is 1. The molecule has 1 heterocycles. The van der Waals surface area contributed by atoms with Crippen LogP contribution in [0.1, 0.15) is 40.0 Å². The number of likely N-dealkylation sites (tertiary alicyclic amines) is 1. The Balaban J connectivity index is 2.38. The van der Waals surface area contributed by atoms with E-state index >= 15 is 0 Å². The van der Waals surface area contributed by atoms with Crippen LogP contribution in [0.4, 0.5) is 9.59 Å². The lowest BCUT2D eigenvalue weighted by atomic mass is 10.1. The molecule has 1 rings (SSSR count). The van der Waals surface area contributed by atoms with Gasteiger partial charge in [-0.1, -0.05) is 6.92 Å². The molecule has 0 unspecified atom stereocenters. The maximum Gasteiger partial charge on any atom is 0.415 e. The van der Waals surface area contributed by atoms with Crippen molar-refractivity contribution >= 4 is 12.1 Å². The summed E-state index contributed by atoms with van der Waals surface area (Å²) in [6, 6.07) is -0.459. The van der Waals surface area contributed by atoms with Crippen molar-refractivity contribution < 1.29 is 19.4 Å². The minimum atomic E-state index is -0.724. The standard InChI is InChI=1S/C12H22N2O4/c1-4-12(2,3)18-11(17)13-10(16)14-7-5-9(15)6-8-14/h9,15H,4-8H2,1-3H3,(H,13,16,17). The van der Waals surface area contributed by atoms with Crippen LogP contribution in [-0.4, -0.2) is 46.9 Å². The van der Waals surface area contributed by atoms with Crippen molar-refractivity contribution in [1.82, 2.24) is 10.2 Å². The van der Waals surface area contributed by atoms with Gasteiger partial charge < -0.3 is 14.7 Å². The Labute approximate surface area is 107 Å². The number of nitrogens with one attached hydrogen (secondary N) is 1. The van der Waals surface area contributed by atoms with Gasteiger partial charge in [-0.15, -0.1) is 0 Å². The van der Waals surface area contributed by atoms with E-state index in [9.17, 15) is 14.7 Å². The summed E-state index contributed by atoms with van der Waals surface area (Å²) in [4.78, 5) is 24.7. The molecule has 6 nitrogen and oxygen atoms in total. The molecule has 18 heavy (non-hydrogen) atoms. The number of aliphatic hydroxyl groups excluding tert-OH is 1. The lowest BCUT2D eigenvalue weighted by molar-refractivity contribution is 0.0363. The molecule has 1 aliphatic rings. The second-order valence-electron chi connectivity index (χ2n) is 5.15. The molecule has 1 fully saturated rings. The molecule has 0 saturated carbocycles. The number of hydrogen-bond donors (Lipinski definition) is 2. The van der Waals surface area contributed by atoms with Gasteiger partial charge in [0.05, 0.1) is 6.10 Å². The maximum atomic E-state index is 11.7. The Morgan fingerprint density at radius 1 is 1.39 bits per heavy atom. The Morgan fingerprint density at radius 2 is 1.94 bits per heavy atom. The zero-order chi connectivity index (χ0) is 13.8. The zero-order valence-electron chi connectivity index (χ0n) is 11.2. The van der Waals surface area contributed by atoms with Crippen molar-refractivity contribution in [2.24, 2.45) is 0 Å². The van der Waals surface area contributed by atoms with Crippen LogP contribution in [0, 0.1) is 0 Å². The van der Waals surface area contributed by atoms with Gasteiger partial charge in [0, 0.05) is 13.1 Å². The Morgan fingerprint density at radius 3 is 2.44 bits per heavy atom. The smallest absolute Gasteiger partial charge is 0.415 e. The number of carbonyl (C=O) groups is 2. The van der Waals surface area contributed by atoms with E-state index in [0.717, 1.165) is 0 Å². The van der Waals surface area contributed by atoms with Gasteiger partial charge in [0.25, 0.3) is 0 Å². The largest absolute Gasteiger partial charge is 0.443 e. The summed E-state index contributed by atoms with van der Waals surface area (Å²) in [5.41, 5.74) is -0.581. The first-order valence-corrected chi connectivity index (χ1v) is 6.31. The molecule has 1 saturated heterocycles. The van der Waals surface area contributed by atoms with E-state index in [2.05, 4.69) is 5.32 Å². The van der Waals surface area contributed by atoms with Gasteiger partial charge in [-0.25, -0.2) is 14.9 Å². The minimum absolute atomic E-state index is 0.347. The monoisotopic (exact) mass is 258 g/mol. The van der Waals surface area contributed by atoms with E-state index in [4.69, 9.17) is 4.74 Å². The van der Waals surface area contributed by atoms with Gasteiger partial charge in [0.2, 0.25) is 0 Å². The molecule has 3 amide bonds. The topological polar surface area (TPSA) is 78.9 Å². The van der Waals surface area contributed by atoms with Gasteiger partial charge in [-0.05, 0) is 33.1 Å². The predicted octanol–water partition coefficient (Wildman–Crippen LogP) is 1.48. The highest BCUT2D eigenvalue weighted by atomic mass is 16.6. The summed E-state index contributed by atoms with van der Waals surface area (Å²) < 4.78 is 5.12. The lowest BCUT2D eigenvalue weighted by Crippen LogP contribution is -2.48. The zero-order valence-corrected chi connectivity index (χ0v) is 11.2. The van der Waals surface area contributed by atoms with E-state index in [1.165, 1.54) is 4.90 Å². The Hall–Kier alpha value is -1.30. The fourth-order valence-corrected chi connectivity index (χ4v) is 1.58. The molecule has 0 aromatic carbocycles. The molecule has 2 N–H and O–H groups in total. The van der Waals surface area contributed by atoms with E-state index in [0.29, 0.717) is 32.4 Å². The van der Waals surface area contributed by atoms with Crippen molar-refractivity contribution in [3.05, 3.63) is 0 Å². The third-order valence-electron chi connectivity index (χ3n) is 3.18. The first kappa shape index (κ1) is 14.8. The van der Waals surface area contributed by atoms with Crippen molar-refractivity contribution in [3.8, 4) is 0 Å². The fourth-order valence-electron chi connectivity index (χ4n) is 1.58. The number of imide groups is 1. The average molecular weight is 258 g/mol. The number of carbonyl (C=O) groups excluding carboxylic acids is 2. The molecule has 1 aliphatic heterocycles. The van der Waals surface area contributed by atoms with Crippen LogP contribution in [-0.2, 0) is 4.74 Å².